The highest BCUT2D eigenvalue weighted by Gasteiger charge is 2.34. The fourth-order valence-electron chi connectivity index (χ4n) is 7.43. The molecule has 3 fully saturated rings. The van der Waals surface area contributed by atoms with Gasteiger partial charge in [-0.3, -0.25) is 14.6 Å². The Hall–Kier alpha value is -3.59. The first-order chi connectivity index (χ1) is 22.6. The number of fused-ring (bicyclic) bond motifs is 1. The van der Waals surface area contributed by atoms with Crippen LogP contribution in [0.2, 0.25) is 0 Å². The number of likely N-dealkylation sites (tertiary alicyclic amines) is 2. The SMILES string of the molecule is COc1cc(C(=O)c2c(-c3ccc(OCCN4CCCC4)cc3)sc3cc(O)ccc23)ccc1O[C@H]1CCCCC1N1CCCC1. The largest absolute Gasteiger partial charge is 0.508 e. The average molecular weight is 641 g/mol. The molecule has 2 atom stereocenters. The van der Waals surface area contributed by atoms with Crippen molar-refractivity contribution in [3.05, 3.63) is 71.8 Å². The summed E-state index contributed by atoms with van der Waals surface area (Å²) >= 11 is 1.51. The lowest BCUT2D eigenvalue weighted by Crippen LogP contribution is -2.46. The maximum Gasteiger partial charge on any atom is 0.195 e. The molecule has 7 rings (SSSR count). The van der Waals surface area contributed by atoms with Gasteiger partial charge in [-0.25, -0.2) is 0 Å². The van der Waals surface area contributed by atoms with Gasteiger partial charge in [0.25, 0.3) is 0 Å². The van der Waals surface area contributed by atoms with Crippen LogP contribution in [0.1, 0.15) is 67.3 Å². The van der Waals surface area contributed by atoms with Gasteiger partial charge >= 0.3 is 0 Å². The maximum absolute atomic E-state index is 14.3. The molecule has 1 N–H and O–H groups in total. The minimum Gasteiger partial charge on any atom is -0.508 e. The smallest absolute Gasteiger partial charge is 0.195 e. The third kappa shape index (κ3) is 6.61. The monoisotopic (exact) mass is 640 g/mol. The number of aromatic hydroxyl groups is 1. The molecule has 3 aromatic carbocycles. The molecule has 7 nitrogen and oxygen atoms in total. The minimum atomic E-state index is -0.0876. The molecule has 0 radical (unpaired) electrons. The van der Waals surface area contributed by atoms with E-state index in [-0.39, 0.29) is 17.6 Å². The van der Waals surface area contributed by atoms with Gasteiger partial charge < -0.3 is 19.3 Å². The second kappa shape index (κ2) is 14.0. The molecule has 1 unspecified atom stereocenters. The van der Waals surface area contributed by atoms with E-state index in [2.05, 4.69) is 9.80 Å². The standard InChI is InChI=1S/C38H44N2O5S/c1-43-34-24-27(12-17-33(34)45-32-9-3-2-8-31(32)40-20-6-7-21-40)37(42)36-30-16-13-28(41)25-35(30)46-38(36)26-10-14-29(15-11-26)44-23-22-39-18-4-5-19-39/h10-17,24-25,31-32,41H,2-9,18-23H2,1H3/t31?,32-/m0/s1. The van der Waals surface area contributed by atoms with Crippen LogP contribution in [0.3, 0.4) is 0 Å². The predicted molar refractivity (Wildman–Crippen MR) is 184 cm³/mol. The number of ether oxygens (including phenoxy) is 3. The fourth-order valence-corrected chi connectivity index (χ4v) is 8.67. The van der Waals surface area contributed by atoms with Crippen LogP contribution in [0.25, 0.3) is 20.5 Å². The lowest BCUT2D eigenvalue weighted by molar-refractivity contribution is 0.0468. The number of carbonyl (C=O) groups is 1. The second-order valence-corrected chi connectivity index (χ2v) is 13.9. The van der Waals surface area contributed by atoms with Crippen molar-refractivity contribution < 1.29 is 24.1 Å². The number of carbonyl (C=O) groups excluding carboxylic acids is 1. The quantitative estimate of drug-likeness (QED) is 0.168. The van der Waals surface area contributed by atoms with Crippen LogP contribution in [0.5, 0.6) is 23.0 Å². The predicted octanol–water partition coefficient (Wildman–Crippen LogP) is 7.77. The summed E-state index contributed by atoms with van der Waals surface area (Å²) in [6.45, 7) is 6.21. The second-order valence-electron chi connectivity index (χ2n) is 12.9. The molecule has 1 saturated carbocycles. The Balaban J connectivity index is 1.14. The first kappa shape index (κ1) is 31.0. The molecule has 3 heterocycles. The molecule has 242 valence electrons. The molecule has 0 bridgehead atoms. The highest BCUT2D eigenvalue weighted by molar-refractivity contribution is 7.22. The molecule has 2 saturated heterocycles. The lowest BCUT2D eigenvalue weighted by Gasteiger charge is -2.38. The van der Waals surface area contributed by atoms with Gasteiger partial charge in [0.15, 0.2) is 17.3 Å². The van der Waals surface area contributed by atoms with Crippen LogP contribution >= 0.6 is 11.3 Å². The van der Waals surface area contributed by atoms with Crippen LogP contribution in [0.4, 0.5) is 0 Å². The van der Waals surface area contributed by atoms with Gasteiger partial charge in [0, 0.05) is 38.7 Å². The Labute approximate surface area is 275 Å². The first-order valence-corrected chi connectivity index (χ1v) is 17.7. The molecule has 0 spiro atoms. The van der Waals surface area contributed by atoms with Gasteiger partial charge in [0.2, 0.25) is 0 Å². The van der Waals surface area contributed by atoms with E-state index in [1.165, 1.54) is 56.3 Å². The van der Waals surface area contributed by atoms with Crippen molar-refractivity contribution in [1.29, 1.82) is 0 Å². The number of thiophene rings is 1. The number of phenolic OH excluding ortho intramolecular Hbond substituents is 1. The molecule has 46 heavy (non-hydrogen) atoms. The van der Waals surface area contributed by atoms with Crippen molar-refractivity contribution in [3.8, 4) is 33.4 Å². The number of ketones is 1. The van der Waals surface area contributed by atoms with Crippen molar-refractivity contribution in [2.24, 2.45) is 0 Å². The molecular weight excluding hydrogens is 596 g/mol. The van der Waals surface area contributed by atoms with E-state index in [4.69, 9.17) is 14.2 Å². The number of hydrogen-bond donors (Lipinski definition) is 1. The highest BCUT2D eigenvalue weighted by atomic mass is 32.1. The first-order valence-electron chi connectivity index (χ1n) is 16.9. The van der Waals surface area contributed by atoms with E-state index in [1.807, 2.05) is 48.5 Å². The molecule has 1 aromatic heterocycles. The van der Waals surface area contributed by atoms with Crippen LogP contribution in [0, 0.1) is 0 Å². The fraction of sp³-hybridized carbons (Fsp3) is 0.447. The third-order valence-electron chi connectivity index (χ3n) is 9.87. The summed E-state index contributed by atoms with van der Waals surface area (Å²) in [7, 11) is 1.64. The zero-order valence-corrected chi connectivity index (χ0v) is 27.5. The highest BCUT2D eigenvalue weighted by Crippen LogP contribution is 2.42. The zero-order valence-electron chi connectivity index (χ0n) is 26.7. The van der Waals surface area contributed by atoms with Gasteiger partial charge in [-0.1, -0.05) is 6.42 Å². The van der Waals surface area contributed by atoms with Crippen molar-refractivity contribution in [2.45, 2.75) is 63.5 Å². The van der Waals surface area contributed by atoms with Gasteiger partial charge in [-0.2, -0.15) is 0 Å². The Morgan fingerprint density at radius 1 is 0.870 bits per heavy atom. The van der Waals surface area contributed by atoms with Gasteiger partial charge in [0.1, 0.15) is 24.2 Å². The van der Waals surface area contributed by atoms with Crippen molar-refractivity contribution in [3.63, 3.8) is 0 Å². The number of rotatable bonds is 11. The summed E-state index contributed by atoms with van der Waals surface area (Å²) in [5.74, 6) is 2.18. The van der Waals surface area contributed by atoms with E-state index < -0.39 is 0 Å². The van der Waals surface area contributed by atoms with Crippen molar-refractivity contribution in [2.75, 3.05) is 46.4 Å². The lowest BCUT2D eigenvalue weighted by atomic mass is 9.91. The van der Waals surface area contributed by atoms with Crippen LogP contribution in [-0.2, 0) is 0 Å². The Kier molecular flexibility index (Phi) is 9.47. The summed E-state index contributed by atoms with van der Waals surface area (Å²) in [6, 6.07) is 19.2. The summed E-state index contributed by atoms with van der Waals surface area (Å²) in [6.07, 6.45) is 9.80. The summed E-state index contributed by atoms with van der Waals surface area (Å²) in [4.78, 5) is 20.2. The maximum atomic E-state index is 14.3. The van der Waals surface area contributed by atoms with Gasteiger partial charge in [0.05, 0.1) is 7.11 Å². The topological polar surface area (TPSA) is 71.5 Å². The minimum absolute atomic E-state index is 0.0876. The van der Waals surface area contributed by atoms with Crippen molar-refractivity contribution in [1.82, 2.24) is 9.80 Å². The van der Waals surface area contributed by atoms with Crippen LogP contribution < -0.4 is 14.2 Å². The number of methoxy groups -OCH3 is 1. The number of nitrogens with zero attached hydrogens (tertiary/aromatic N) is 2. The molecular formula is C38H44N2O5S. The summed E-state index contributed by atoms with van der Waals surface area (Å²) in [5, 5.41) is 11.1. The van der Waals surface area contributed by atoms with Crippen LogP contribution in [0.15, 0.2) is 60.7 Å². The Bertz CT molecular complexity index is 1660. The van der Waals surface area contributed by atoms with E-state index in [9.17, 15) is 9.90 Å². The van der Waals surface area contributed by atoms with E-state index in [1.54, 1.807) is 19.2 Å². The molecule has 2 aliphatic heterocycles. The zero-order chi connectivity index (χ0) is 31.5. The summed E-state index contributed by atoms with van der Waals surface area (Å²) in [5.41, 5.74) is 2.10. The molecule has 1 aliphatic carbocycles. The van der Waals surface area contributed by atoms with Gasteiger partial charge in [-0.15, -0.1) is 11.3 Å². The van der Waals surface area contributed by atoms with E-state index >= 15 is 0 Å². The summed E-state index contributed by atoms with van der Waals surface area (Å²) < 4.78 is 19.4. The van der Waals surface area contributed by atoms with Gasteiger partial charge in [-0.05, 0) is 137 Å². The molecule has 0 amide bonds. The average Bonchev–Trinajstić information content (AvgIpc) is 3.87. The Morgan fingerprint density at radius 2 is 1.63 bits per heavy atom. The van der Waals surface area contributed by atoms with E-state index in [0.717, 1.165) is 65.4 Å². The molecule has 8 heteroatoms. The molecule has 3 aliphatic rings. The molecule has 4 aromatic rings. The Morgan fingerprint density at radius 3 is 2.41 bits per heavy atom. The van der Waals surface area contributed by atoms with Crippen LogP contribution in [-0.4, -0.2) is 79.3 Å². The number of phenols is 1. The van der Waals surface area contributed by atoms with E-state index in [0.29, 0.717) is 35.3 Å². The van der Waals surface area contributed by atoms with Crippen molar-refractivity contribution >= 4 is 27.2 Å². The number of benzene rings is 3. The third-order valence-corrected chi connectivity index (χ3v) is 11.1. The number of hydrogen-bond acceptors (Lipinski definition) is 8. The normalized spacial score (nSPS) is 20.7.